The lowest BCUT2D eigenvalue weighted by atomic mass is 9.95. The summed E-state index contributed by atoms with van der Waals surface area (Å²) in [4.78, 5) is 4.42. The normalized spacial score (nSPS) is 14.6. The molecule has 0 amide bonds. The molecule has 3 heteroatoms. The second kappa shape index (κ2) is 7.67. The Morgan fingerprint density at radius 3 is 2.65 bits per heavy atom. The molecule has 96 valence electrons. The van der Waals surface area contributed by atoms with Crippen molar-refractivity contribution in [2.24, 2.45) is 5.92 Å². The molecule has 0 saturated carbocycles. The monoisotopic (exact) mass is 254 g/mol. The van der Waals surface area contributed by atoms with E-state index in [-0.39, 0.29) is 0 Å². The number of aromatic nitrogens is 1. The van der Waals surface area contributed by atoms with Crippen LogP contribution in [0.2, 0.25) is 5.02 Å². The molecule has 2 unspecified atom stereocenters. The van der Waals surface area contributed by atoms with E-state index in [9.17, 15) is 0 Å². The van der Waals surface area contributed by atoms with Crippen molar-refractivity contribution in [3.05, 3.63) is 29.0 Å². The van der Waals surface area contributed by atoms with Crippen LogP contribution in [0, 0.1) is 5.92 Å². The molecule has 0 aliphatic heterocycles. The SMILES string of the molecule is CCCC(C)CC(NCC)c1ccc(Cl)cn1. The standard InChI is InChI=1S/C14H23ClN2/c1-4-6-11(3)9-14(16-5-2)13-8-7-12(15)10-17-13/h7-8,10-11,14,16H,4-6,9H2,1-3H3. The van der Waals surface area contributed by atoms with Crippen LogP contribution < -0.4 is 5.32 Å². The lowest BCUT2D eigenvalue weighted by Crippen LogP contribution is -2.23. The first kappa shape index (κ1) is 14.5. The molecule has 1 aromatic heterocycles. The third kappa shape index (κ3) is 5.05. The summed E-state index contributed by atoms with van der Waals surface area (Å²) < 4.78 is 0. The predicted octanol–water partition coefficient (Wildman–Crippen LogP) is 4.21. The number of nitrogens with one attached hydrogen (secondary N) is 1. The molecule has 2 nitrogen and oxygen atoms in total. The first-order chi connectivity index (χ1) is 8.17. The van der Waals surface area contributed by atoms with Gasteiger partial charge in [0.15, 0.2) is 0 Å². The molecule has 0 aliphatic carbocycles. The van der Waals surface area contributed by atoms with E-state index in [1.165, 1.54) is 12.8 Å². The van der Waals surface area contributed by atoms with Gasteiger partial charge in [0, 0.05) is 12.2 Å². The molecule has 0 spiro atoms. The zero-order valence-electron chi connectivity index (χ0n) is 11.0. The van der Waals surface area contributed by atoms with Gasteiger partial charge in [-0.2, -0.15) is 0 Å². The van der Waals surface area contributed by atoms with E-state index in [1.54, 1.807) is 6.20 Å². The Morgan fingerprint density at radius 2 is 2.12 bits per heavy atom. The van der Waals surface area contributed by atoms with Crippen LogP contribution in [0.15, 0.2) is 18.3 Å². The van der Waals surface area contributed by atoms with Gasteiger partial charge in [-0.05, 0) is 31.0 Å². The van der Waals surface area contributed by atoms with Gasteiger partial charge >= 0.3 is 0 Å². The molecule has 1 N–H and O–H groups in total. The summed E-state index contributed by atoms with van der Waals surface area (Å²) in [5, 5.41) is 4.20. The zero-order chi connectivity index (χ0) is 12.7. The highest BCUT2D eigenvalue weighted by atomic mass is 35.5. The fourth-order valence-corrected chi connectivity index (χ4v) is 2.27. The van der Waals surface area contributed by atoms with Gasteiger partial charge in [0.25, 0.3) is 0 Å². The van der Waals surface area contributed by atoms with Crippen LogP contribution in [0.5, 0.6) is 0 Å². The van der Waals surface area contributed by atoms with Crippen LogP contribution in [0.3, 0.4) is 0 Å². The topological polar surface area (TPSA) is 24.9 Å². The highest BCUT2D eigenvalue weighted by Crippen LogP contribution is 2.23. The van der Waals surface area contributed by atoms with Crippen LogP contribution >= 0.6 is 11.6 Å². The van der Waals surface area contributed by atoms with E-state index < -0.39 is 0 Å². The second-order valence-electron chi connectivity index (χ2n) is 4.64. The first-order valence-electron chi connectivity index (χ1n) is 6.52. The molecule has 1 aromatic rings. The van der Waals surface area contributed by atoms with E-state index in [4.69, 9.17) is 11.6 Å². The van der Waals surface area contributed by atoms with Gasteiger partial charge in [-0.15, -0.1) is 0 Å². The van der Waals surface area contributed by atoms with E-state index in [0.29, 0.717) is 11.1 Å². The summed E-state index contributed by atoms with van der Waals surface area (Å²) in [6.45, 7) is 7.64. The van der Waals surface area contributed by atoms with E-state index >= 15 is 0 Å². The summed E-state index contributed by atoms with van der Waals surface area (Å²) in [7, 11) is 0. The quantitative estimate of drug-likeness (QED) is 0.788. The maximum Gasteiger partial charge on any atom is 0.0589 e. The van der Waals surface area contributed by atoms with Crippen LogP contribution in [0.1, 0.15) is 51.8 Å². The minimum absolute atomic E-state index is 0.346. The van der Waals surface area contributed by atoms with E-state index in [0.717, 1.165) is 24.6 Å². The Labute approximate surface area is 110 Å². The van der Waals surface area contributed by atoms with Gasteiger partial charge in [-0.25, -0.2) is 0 Å². The molecular formula is C14H23ClN2. The van der Waals surface area contributed by atoms with Crippen molar-refractivity contribution in [3.63, 3.8) is 0 Å². The van der Waals surface area contributed by atoms with E-state index in [1.807, 2.05) is 12.1 Å². The first-order valence-corrected chi connectivity index (χ1v) is 6.90. The van der Waals surface area contributed by atoms with Gasteiger partial charge in [-0.3, -0.25) is 4.98 Å². The average Bonchev–Trinajstić information content (AvgIpc) is 2.30. The lowest BCUT2D eigenvalue weighted by Gasteiger charge is -2.21. The summed E-state index contributed by atoms with van der Waals surface area (Å²) in [5.74, 6) is 0.724. The Kier molecular flexibility index (Phi) is 6.53. The van der Waals surface area contributed by atoms with Crippen LogP contribution in [0.25, 0.3) is 0 Å². The van der Waals surface area contributed by atoms with Gasteiger partial charge in [0.2, 0.25) is 0 Å². The number of pyridine rings is 1. The predicted molar refractivity (Wildman–Crippen MR) is 74.4 cm³/mol. The molecule has 0 fully saturated rings. The minimum atomic E-state index is 0.346. The maximum atomic E-state index is 5.87. The Hall–Kier alpha value is -0.600. The second-order valence-corrected chi connectivity index (χ2v) is 5.08. The summed E-state index contributed by atoms with van der Waals surface area (Å²) >= 11 is 5.87. The molecule has 0 aliphatic rings. The molecule has 1 heterocycles. The molecule has 0 radical (unpaired) electrons. The van der Waals surface area contributed by atoms with Crippen molar-refractivity contribution in [2.75, 3.05) is 6.54 Å². The summed E-state index contributed by atoms with van der Waals surface area (Å²) in [6.07, 6.45) is 5.38. The molecule has 1 rings (SSSR count). The van der Waals surface area contributed by atoms with Crippen molar-refractivity contribution in [3.8, 4) is 0 Å². The maximum absolute atomic E-state index is 5.87. The van der Waals surface area contributed by atoms with Crippen LogP contribution in [-0.2, 0) is 0 Å². The van der Waals surface area contributed by atoms with Crippen LogP contribution in [0.4, 0.5) is 0 Å². The van der Waals surface area contributed by atoms with Crippen molar-refractivity contribution in [1.82, 2.24) is 10.3 Å². The molecule has 17 heavy (non-hydrogen) atoms. The largest absolute Gasteiger partial charge is 0.309 e. The molecular weight excluding hydrogens is 232 g/mol. The number of nitrogens with zero attached hydrogens (tertiary/aromatic N) is 1. The molecule has 0 bridgehead atoms. The molecule has 0 aromatic carbocycles. The van der Waals surface area contributed by atoms with Gasteiger partial charge in [-0.1, -0.05) is 45.2 Å². The third-order valence-corrected chi connectivity index (χ3v) is 3.20. The van der Waals surface area contributed by atoms with Crippen molar-refractivity contribution >= 4 is 11.6 Å². The van der Waals surface area contributed by atoms with Gasteiger partial charge < -0.3 is 5.32 Å². The Bertz CT molecular complexity index is 311. The lowest BCUT2D eigenvalue weighted by molar-refractivity contribution is 0.390. The van der Waals surface area contributed by atoms with Crippen LogP contribution in [-0.4, -0.2) is 11.5 Å². The smallest absolute Gasteiger partial charge is 0.0589 e. The van der Waals surface area contributed by atoms with Crippen molar-refractivity contribution in [2.45, 2.75) is 46.1 Å². The fourth-order valence-electron chi connectivity index (χ4n) is 2.16. The Morgan fingerprint density at radius 1 is 1.35 bits per heavy atom. The molecule has 0 saturated heterocycles. The zero-order valence-corrected chi connectivity index (χ0v) is 11.8. The van der Waals surface area contributed by atoms with Gasteiger partial charge in [0.1, 0.15) is 0 Å². The highest BCUT2D eigenvalue weighted by molar-refractivity contribution is 6.30. The van der Waals surface area contributed by atoms with Crippen molar-refractivity contribution < 1.29 is 0 Å². The van der Waals surface area contributed by atoms with Crippen molar-refractivity contribution in [1.29, 1.82) is 0 Å². The third-order valence-electron chi connectivity index (χ3n) is 2.98. The highest BCUT2D eigenvalue weighted by Gasteiger charge is 2.15. The van der Waals surface area contributed by atoms with E-state index in [2.05, 4.69) is 31.1 Å². The fraction of sp³-hybridized carbons (Fsp3) is 0.643. The number of rotatable bonds is 7. The number of halogens is 1. The number of hydrogen-bond acceptors (Lipinski definition) is 2. The molecule has 2 atom stereocenters. The minimum Gasteiger partial charge on any atom is -0.309 e. The van der Waals surface area contributed by atoms with Gasteiger partial charge in [0.05, 0.1) is 10.7 Å². The average molecular weight is 255 g/mol. The summed E-state index contributed by atoms with van der Waals surface area (Å²) in [6, 6.07) is 4.28. The Balaban J connectivity index is 2.67. The summed E-state index contributed by atoms with van der Waals surface area (Å²) in [5.41, 5.74) is 1.10. The number of hydrogen-bond donors (Lipinski definition) is 1.